The van der Waals surface area contributed by atoms with Gasteiger partial charge in [-0.2, -0.15) is 4.31 Å². The minimum absolute atomic E-state index is 0.0124. The largest absolute Gasteiger partial charge is 0.465 e. The number of ether oxygens (including phenoxy) is 2. The molecule has 0 bridgehead atoms. The third-order valence-electron chi connectivity index (χ3n) is 6.57. The zero-order chi connectivity index (χ0) is 24.7. The number of rotatable bonds is 9. The molecular weight excluding hydrogens is 476 g/mol. The summed E-state index contributed by atoms with van der Waals surface area (Å²) in [5.41, 5.74) is 0. The van der Waals surface area contributed by atoms with Crippen molar-refractivity contribution in [3.05, 3.63) is 48.7 Å². The van der Waals surface area contributed by atoms with Crippen molar-refractivity contribution < 1.29 is 31.9 Å². The Kier molecular flexibility index (Phi) is 8.47. The summed E-state index contributed by atoms with van der Waals surface area (Å²) in [5, 5.41) is 6.33. The monoisotopic (exact) mass is 508 g/mol. The van der Waals surface area contributed by atoms with Crippen molar-refractivity contribution in [1.82, 2.24) is 19.8 Å². The average Bonchev–Trinajstić information content (AvgIpc) is 3.44. The fourth-order valence-corrected chi connectivity index (χ4v) is 6.13. The molecule has 12 heteroatoms. The van der Waals surface area contributed by atoms with Gasteiger partial charge in [0, 0.05) is 32.2 Å². The Morgan fingerprint density at radius 3 is 2.57 bits per heavy atom. The summed E-state index contributed by atoms with van der Waals surface area (Å²) in [6.07, 6.45) is 8.07. The number of amides is 2. The van der Waals surface area contributed by atoms with E-state index in [1.165, 1.54) is 29.4 Å². The van der Waals surface area contributed by atoms with Gasteiger partial charge in [0.1, 0.15) is 18.8 Å². The number of piperazine rings is 1. The summed E-state index contributed by atoms with van der Waals surface area (Å²) in [6, 6.07) is 3.08. The Hall–Kier alpha value is -2.83. The van der Waals surface area contributed by atoms with Crippen molar-refractivity contribution in [3.8, 4) is 0 Å². The van der Waals surface area contributed by atoms with Crippen LogP contribution in [-0.4, -0.2) is 80.5 Å². The highest BCUT2D eigenvalue weighted by atomic mass is 32.2. The van der Waals surface area contributed by atoms with Crippen LogP contribution in [0.1, 0.15) is 36.2 Å². The van der Waals surface area contributed by atoms with Gasteiger partial charge in [-0.05, 0) is 56.8 Å². The molecule has 1 unspecified atom stereocenters. The number of nitrogens with zero attached hydrogens (tertiary/aromatic N) is 2. The zero-order valence-corrected chi connectivity index (χ0v) is 20.4. The maximum absolute atomic E-state index is 13.0. The van der Waals surface area contributed by atoms with E-state index in [0.717, 1.165) is 25.9 Å². The summed E-state index contributed by atoms with van der Waals surface area (Å²) in [5.74, 6) is -0.0460. The van der Waals surface area contributed by atoms with Gasteiger partial charge in [-0.1, -0.05) is 0 Å². The van der Waals surface area contributed by atoms with Crippen molar-refractivity contribution in [2.45, 2.75) is 31.7 Å². The lowest BCUT2D eigenvalue weighted by Gasteiger charge is -2.34. The second kappa shape index (κ2) is 11.7. The molecular formula is C23H32N4O7S. The third kappa shape index (κ3) is 6.65. The maximum atomic E-state index is 13.0. The molecule has 1 atom stereocenters. The summed E-state index contributed by atoms with van der Waals surface area (Å²) < 4.78 is 42.8. The van der Waals surface area contributed by atoms with Crippen molar-refractivity contribution in [2.24, 2.45) is 5.92 Å². The standard InChI is InChI=1S/C23H32N4O7S/c28-22(21-17-32-14-15-34-21)25-19(18-5-7-24-8-6-18)3-2-16-35(30,31)27-11-9-26(10-12-27)23(29)20-4-1-13-33-20/h1,4,13-15,17-19,24H,2-3,5-12,16H2,(H,25,28). The van der Waals surface area contributed by atoms with E-state index >= 15 is 0 Å². The summed E-state index contributed by atoms with van der Waals surface area (Å²) in [6.45, 7) is 2.86. The van der Waals surface area contributed by atoms with Gasteiger partial charge in [0.05, 0.1) is 12.0 Å². The van der Waals surface area contributed by atoms with Crippen LogP contribution in [0, 0.1) is 5.92 Å². The summed E-state index contributed by atoms with van der Waals surface area (Å²) in [4.78, 5) is 26.7. The van der Waals surface area contributed by atoms with Crippen LogP contribution in [0.3, 0.4) is 0 Å². The number of carbonyl (C=O) groups excluding carboxylic acids is 2. The van der Waals surface area contributed by atoms with Crippen molar-refractivity contribution in [3.63, 3.8) is 0 Å². The van der Waals surface area contributed by atoms with Crippen LogP contribution in [0.5, 0.6) is 0 Å². The molecule has 0 spiro atoms. The number of sulfonamides is 1. The first-order chi connectivity index (χ1) is 16.9. The van der Waals surface area contributed by atoms with Gasteiger partial charge in [0.2, 0.25) is 15.8 Å². The van der Waals surface area contributed by atoms with E-state index < -0.39 is 10.0 Å². The number of carbonyl (C=O) groups is 2. The fourth-order valence-electron chi connectivity index (χ4n) is 4.62. The highest BCUT2D eigenvalue weighted by Gasteiger charge is 2.31. The van der Waals surface area contributed by atoms with Crippen LogP contribution in [-0.2, 0) is 24.3 Å². The van der Waals surface area contributed by atoms with E-state index in [9.17, 15) is 18.0 Å². The van der Waals surface area contributed by atoms with E-state index in [4.69, 9.17) is 13.9 Å². The summed E-state index contributed by atoms with van der Waals surface area (Å²) >= 11 is 0. The molecule has 0 aliphatic carbocycles. The fraction of sp³-hybridized carbons (Fsp3) is 0.565. The lowest BCUT2D eigenvalue weighted by molar-refractivity contribution is -0.121. The van der Waals surface area contributed by atoms with E-state index in [1.54, 1.807) is 17.0 Å². The molecule has 4 rings (SSSR count). The molecule has 0 saturated carbocycles. The molecule has 4 heterocycles. The predicted octanol–water partition coefficient (Wildman–Crippen LogP) is 0.991. The zero-order valence-electron chi connectivity index (χ0n) is 19.6. The third-order valence-corrected chi connectivity index (χ3v) is 8.52. The van der Waals surface area contributed by atoms with Gasteiger partial charge in [-0.3, -0.25) is 9.59 Å². The van der Waals surface area contributed by atoms with Crippen LogP contribution in [0.25, 0.3) is 0 Å². The number of nitrogens with one attached hydrogen (secondary N) is 2. The second-order valence-electron chi connectivity index (χ2n) is 8.80. The SMILES string of the molecule is O=C(NC(CCCS(=O)(=O)N1CCN(C(=O)c2ccco2)CC1)C1CCNCC1)C1=COC=CO1. The molecule has 2 N–H and O–H groups in total. The van der Waals surface area contributed by atoms with Crippen molar-refractivity contribution in [2.75, 3.05) is 45.0 Å². The summed E-state index contributed by atoms with van der Waals surface area (Å²) in [7, 11) is -3.48. The highest BCUT2D eigenvalue weighted by Crippen LogP contribution is 2.22. The number of hydrogen-bond donors (Lipinski definition) is 2. The smallest absolute Gasteiger partial charge is 0.290 e. The molecule has 2 fully saturated rings. The van der Waals surface area contributed by atoms with Gasteiger partial charge in [0.15, 0.2) is 5.76 Å². The van der Waals surface area contributed by atoms with Crippen molar-refractivity contribution in [1.29, 1.82) is 0 Å². The highest BCUT2D eigenvalue weighted by molar-refractivity contribution is 7.89. The van der Waals surface area contributed by atoms with Gasteiger partial charge in [-0.15, -0.1) is 0 Å². The molecule has 3 aliphatic rings. The van der Waals surface area contributed by atoms with Gasteiger partial charge in [-0.25, -0.2) is 8.42 Å². The van der Waals surface area contributed by atoms with Crippen molar-refractivity contribution >= 4 is 21.8 Å². The van der Waals surface area contributed by atoms with Gasteiger partial charge < -0.3 is 29.4 Å². The molecule has 11 nitrogen and oxygen atoms in total. The van der Waals surface area contributed by atoms with Gasteiger partial charge in [0.25, 0.3) is 11.8 Å². The molecule has 0 radical (unpaired) electrons. The average molecular weight is 509 g/mol. The Bertz CT molecular complexity index is 1020. The van der Waals surface area contributed by atoms with E-state index in [1.807, 2.05) is 0 Å². The van der Waals surface area contributed by atoms with Crippen LogP contribution in [0.4, 0.5) is 0 Å². The molecule has 2 saturated heterocycles. The molecule has 1 aromatic heterocycles. The maximum Gasteiger partial charge on any atom is 0.290 e. The second-order valence-corrected chi connectivity index (χ2v) is 10.9. The molecule has 0 aromatic carbocycles. The molecule has 3 aliphatic heterocycles. The first kappa shape index (κ1) is 25.3. The van der Waals surface area contributed by atoms with Gasteiger partial charge >= 0.3 is 0 Å². The van der Waals surface area contributed by atoms with Crippen LogP contribution in [0.15, 0.2) is 47.4 Å². The van der Waals surface area contributed by atoms with E-state index in [0.29, 0.717) is 25.9 Å². The Morgan fingerprint density at radius 1 is 1.14 bits per heavy atom. The Labute approximate surface area is 205 Å². The van der Waals surface area contributed by atoms with Crippen LogP contribution in [0.2, 0.25) is 0 Å². The number of hydrogen-bond acceptors (Lipinski definition) is 8. The normalized spacial score (nSPS) is 20.5. The van der Waals surface area contributed by atoms with E-state index in [2.05, 4.69) is 10.6 Å². The lowest BCUT2D eigenvalue weighted by Crippen LogP contribution is -2.51. The molecule has 192 valence electrons. The number of furan rings is 1. The molecule has 2 amide bonds. The Morgan fingerprint density at radius 2 is 1.91 bits per heavy atom. The predicted molar refractivity (Wildman–Crippen MR) is 126 cm³/mol. The lowest BCUT2D eigenvalue weighted by atomic mass is 9.87. The van der Waals surface area contributed by atoms with E-state index in [-0.39, 0.29) is 54.1 Å². The minimum atomic E-state index is -3.48. The topological polar surface area (TPSA) is 130 Å². The Balaban J connectivity index is 1.28. The minimum Gasteiger partial charge on any atom is -0.465 e. The molecule has 35 heavy (non-hydrogen) atoms. The van der Waals surface area contributed by atoms with Crippen LogP contribution < -0.4 is 10.6 Å². The molecule has 1 aromatic rings. The van der Waals surface area contributed by atoms with Crippen LogP contribution >= 0.6 is 0 Å². The number of piperidine rings is 1. The first-order valence-electron chi connectivity index (χ1n) is 11.9. The first-order valence-corrected chi connectivity index (χ1v) is 13.5. The quantitative estimate of drug-likeness (QED) is 0.505.